The van der Waals surface area contributed by atoms with Crippen molar-refractivity contribution in [1.29, 1.82) is 26.3 Å². The lowest BCUT2D eigenvalue weighted by molar-refractivity contribution is 1.09. The maximum Gasteiger partial charge on any atom is 0.314 e. The first-order chi connectivity index (χ1) is 14.6. The Morgan fingerprint density at radius 3 is 1.43 bits per heavy atom. The average molecular weight is 384 g/mol. The molecule has 132 valence electrons. The summed E-state index contributed by atoms with van der Waals surface area (Å²) < 4.78 is 0. The van der Waals surface area contributed by atoms with Crippen molar-refractivity contribution in [2.24, 2.45) is 0 Å². The zero-order valence-electron chi connectivity index (χ0n) is 14.4. The van der Waals surface area contributed by atoms with Gasteiger partial charge in [0.25, 0.3) is 0 Å². The van der Waals surface area contributed by atoms with Gasteiger partial charge < -0.3 is 4.85 Å². The molecular formula is C18N12. The molecule has 0 saturated heterocycles. The normalized spacial score (nSPS) is 9.80. The first-order valence-electron chi connectivity index (χ1n) is 7.75. The molecule has 4 aromatic rings. The molecule has 0 bridgehead atoms. The lowest BCUT2D eigenvalue weighted by Crippen LogP contribution is -2.04. The van der Waals surface area contributed by atoms with Crippen molar-refractivity contribution in [3.63, 3.8) is 0 Å². The van der Waals surface area contributed by atoms with E-state index in [1.807, 2.05) is 6.07 Å². The zero-order chi connectivity index (χ0) is 21.4. The summed E-state index contributed by atoms with van der Waals surface area (Å²) >= 11 is 0. The molecule has 0 fully saturated rings. The molecule has 1 aromatic carbocycles. The summed E-state index contributed by atoms with van der Waals surface area (Å²) in [4.78, 5) is 19.7. The van der Waals surface area contributed by atoms with Crippen molar-refractivity contribution >= 4 is 38.8 Å². The second-order valence-corrected chi connectivity index (χ2v) is 5.53. The van der Waals surface area contributed by atoms with E-state index in [4.69, 9.17) is 6.57 Å². The van der Waals surface area contributed by atoms with Crippen LogP contribution in [0.5, 0.6) is 0 Å². The highest BCUT2D eigenvalue weighted by atomic mass is 15.1. The number of hydrogen-bond donors (Lipinski definition) is 0. The van der Waals surface area contributed by atoms with Crippen LogP contribution in [0.25, 0.3) is 37.8 Å². The number of hydrogen-bond acceptors (Lipinski definition) is 11. The van der Waals surface area contributed by atoms with Gasteiger partial charge in [-0.2, -0.15) is 26.3 Å². The molecule has 0 N–H and O–H groups in total. The Hall–Kier alpha value is -5.82. The quantitative estimate of drug-likeness (QED) is 0.313. The van der Waals surface area contributed by atoms with Gasteiger partial charge in [0.15, 0.2) is 22.8 Å². The molecule has 0 saturated carbocycles. The Morgan fingerprint density at radius 2 is 1.00 bits per heavy atom. The number of aromatic nitrogens is 6. The maximum atomic E-state index is 9.63. The van der Waals surface area contributed by atoms with Gasteiger partial charge in [0, 0.05) is 5.39 Å². The molecule has 0 atom stereocenters. The molecule has 12 nitrogen and oxygen atoms in total. The highest BCUT2D eigenvalue weighted by molar-refractivity contribution is 6.21. The van der Waals surface area contributed by atoms with Crippen molar-refractivity contribution in [2.45, 2.75) is 0 Å². The zero-order valence-corrected chi connectivity index (χ0v) is 14.4. The Kier molecular flexibility index (Phi) is 3.76. The van der Waals surface area contributed by atoms with Crippen LogP contribution in [0.3, 0.4) is 0 Å². The van der Waals surface area contributed by atoms with Gasteiger partial charge in [-0.15, -0.1) is 0 Å². The van der Waals surface area contributed by atoms with Gasteiger partial charge in [0.05, 0.1) is 11.6 Å². The van der Waals surface area contributed by atoms with E-state index in [0.717, 1.165) is 0 Å². The Labute approximate surface area is 166 Å². The van der Waals surface area contributed by atoms with E-state index < -0.39 is 0 Å². The highest BCUT2D eigenvalue weighted by Gasteiger charge is 2.24. The highest BCUT2D eigenvalue weighted by Crippen LogP contribution is 2.35. The van der Waals surface area contributed by atoms with Crippen molar-refractivity contribution in [1.82, 2.24) is 30.1 Å². The molecule has 4 rings (SSSR count). The number of rotatable bonds is 0. The molecule has 0 aliphatic heterocycles. The van der Waals surface area contributed by atoms with E-state index in [1.54, 1.807) is 24.3 Å². The summed E-state index contributed by atoms with van der Waals surface area (Å²) in [6, 6.07) is 8.88. The third-order valence-corrected chi connectivity index (χ3v) is 4.07. The van der Waals surface area contributed by atoms with Crippen LogP contribution in [0.1, 0.15) is 28.3 Å². The van der Waals surface area contributed by atoms with Crippen LogP contribution in [0, 0.1) is 63.2 Å². The predicted octanol–water partition coefficient (Wildman–Crippen LogP) is 1.43. The molecule has 12 heteroatoms. The number of nitrogens with zero attached hydrogens (tertiary/aromatic N) is 12. The third kappa shape index (κ3) is 2.20. The van der Waals surface area contributed by atoms with Crippen molar-refractivity contribution in [2.75, 3.05) is 0 Å². The van der Waals surface area contributed by atoms with E-state index in [1.165, 1.54) is 0 Å². The van der Waals surface area contributed by atoms with Gasteiger partial charge in [0.2, 0.25) is 0 Å². The smallest absolute Gasteiger partial charge is 0.314 e. The number of nitriles is 5. The summed E-state index contributed by atoms with van der Waals surface area (Å²) in [6.45, 7) is 7.23. The molecule has 3 heterocycles. The molecule has 0 aliphatic carbocycles. The summed E-state index contributed by atoms with van der Waals surface area (Å²) in [5, 5.41) is 54.5. The van der Waals surface area contributed by atoms with Crippen LogP contribution in [-0.2, 0) is 0 Å². The first kappa shape index (κ1) is 17.6. The molecule has 0 radical (unpaired) electrons. The van der Waals surface area contributed by atoms with Crippen LogP contribution < -0.4 is 0 Å². The maximum absolute atomic E-state index is 9.63. The van der Waals surface area contributed by atoms with E-state index in [-0.39, 0.29) is 67.1 Å². The minimum Gasteiger partial charge on any atom is -0.358 e. The molecular weight excluding hydrogens is 384 g/mol. The fourth-order valence-electron chi connectivity index (χ4n) is 2.86. The standard InChI is InChI=1S/C18N12/c1-24-18-7(2-19)12-13-15(26-9(4-21)8(3-20)25-13)17-16(14(12)29-30-18)27-10(5-22)11(6-23)28-17. The van der Waals surface area contributed by atoms with E-state index in [2.05, 4.69) is 35.0 Å². The molecule has 30 heavy (non-hydrogen) atoms. The molecule has 0 spiro atoms. The van der Waals surface area contributed by atoms with Crippen molar-refractivity contribution in [3.05, 3.63) is 39.8 Å². The van der Waals surface area contributed by atoms with Gasteiger partial charge in [-0.25, -0.2) is 19.9 Å². The van der Waals surface area contributed by atoms with Gasteiger partial charge in [-0.3, -0.25) is 0 Å². The minimum atomic E-state index is -0.308. The van der Waals surface area contributed by atoms with Gasteiger partial charge >= 0.3 is 5.82 Å². The van der Waals surface area contributed by atoms with Crippen LogP contribution >= 0.6 is 0 Å². The fraction of sp³-hybridized carbons (Fsp3) is 0. The monoisotopic (exact) mass is 384 g/mol. The lowest BCUT2D eigenvalue weighted by atomic mass is 10.1. The third-order valence-electron chi connectivity index (χ3n) is 4.07. The lowest BCUT2D eigenvalue weighted by Gasteiger charge is -2.09. The fourth-order valence-corrected chi connectivity index (χ4v) is 2.86. The average Bonchev–Trinajstić information content (AvgIpc) is 2.81. The van der Waals surface area contributed by atoms with Gasteiger partial charge in [-0.05, 0) is 5.10 Å². The minimum absolute atomic E-state index is 0.0159. The predicted molar refractivity (Wildman–Crippen MR) is 95.6 cm³/mol. The SMILES string of the molecule is [C-]#[N+]c1nnc2c3nc(C#N)c(C#N)nc3c3nc(C#N)c(C#N)nc3c2c1C#N. The second-order valence-electron chi connectivity index (χ2n) is 5.53. The van der Waals surface area contributed by atoms with Crippen LogP contribution in [0.15, 0.2) is 0 Å². The Morgan fingerprint density at radius 1 is 0.567 bits per heavy atom. The molecule has 0 amide bonds. The van der Waals surface area contributed by atoms with Crippen LogP contribution in [0.2, 0.25) is 0 Å². The van der Waals surface area contributed by atoms with Crippen LogP contribution in [-0.4, -0.2) is 30.1 Å². The number of benzene rings is 1. The van der Waals surface area contributed by atoms with E-state index in [9.17, 15) is 26.3 Å². The number of fused-ring (bicyclic) bond motifs is 6. The van der Waals surface area contributed by atoms with Gasteiger partial charge in [0.1, 0.15) is 51.9 Å². The summed E-state index contributed by atoms with van der Waals surface area (Å²) in [5.74, 6) is -0.308. The molecule has 0 aliphatic rings. The topological polar surface area (TPSA) is 201 Å². The van der Waals surface area contributed by atoms with E-state index >= 15 is 0 Å². The van der Waals surface area contributed by atoms with Gasteiger partial charge in [-0.1, -0.05) is 11.7 Å². The van der Waals surface area contributed by atoms with Crippen LogP contribution in [0.4, 0.5) is 5.82 Å². The largest absolute Gasteiger partial charge is 0.358 e. The van der Waals surface area contributed by atoms with Crippen molar-refractivity contribution < 1.29 is 0 Å². The summed E-state index contributed by atoms with van der Waals surface area (Å²) in [5.41, 5.74) is -1.50. The second kappa shape index (κ2) is 6.41. The molecule has 3 aromatic heterocycles. The Bertz CT molecular complexity index is 1650. The molecule has 0 unspecified atom stereocenters. The summed E-state index contributed by atoms with van der Waals surface area (Å²) in [6.07, 6.45) is 0. The Balaban J connectivity index is 2.47. The summed E-state index contributed by atoms with van der Waals surface area (Å²) in [7, 11) is 0. The first-order valence-corrected chi connectivity index (χ1v) is 7.75. The van der Waals surface area contributed by atoms with Crippen molar-refractivity contribution in [3.8, 4) is 30.3 Å². The van der Waals surface area contributed by atoms with E-state index in [0.29, 0.717) is 0 Å².